The molecule has 0 aliphatic carbocycles. The maximum Gasteiger partial charge on any atom is 0.314 e. The van der Waals surface area contributed by atoms with Gasteiger partial charge in [-0.15, -0.1) is 0 Å². The lowest BCUT2D eigenvalue weighted by molar-refractivity contribution is 0.449. The zero-order chi connectivity index (χ0) is 12.0. The third-order valence-electron chi connectivity index (χ3n) is 2.96. The number of hydrogen-bond donors (Lipinski definition) is 2. The van der Waals surface area contributed by atoms with Crippen LogP contribution in [0.5, 0.6) is 0 Å². The SMILES string of the molecule is CN1C=Cc2ccc3[nH]c(=O)c(=O)[nH]c3c2C1. The fraction of sp³-hybridized carbons (Fsp3) is 0.167. The molecule has 2 aromatic rings. The molecule has 3 rings (SSSR count). The van der Waals surface area contributed by atoms with Crippen molar-refractivity contribution in [3.63, 3.8) is 0 Å². The van der Waals surface area contributed by atoms with Gasteiger partial charge in [0.25, 0.3) is 0 Å². The lowest BCUT2D eigenvalue weighted by Gasteiger charge is -2.21. The fourth-order valence-corrected chi connectivity index (χ4v) is 2.10. The lowest BCUT2D eigenvalue weighted by atomic mass is 10.0. The van der Waals surface area contributed by atoms with Crippen molar-refractivity contribution in [3.05, 3.63) is 50.2 Å². The van der Waals surface area contributed by atoms with Crippen molar-refractivity contribution in [1.29, 1.82) is 0 Å². The smallest absolute Gasteiger partial charge is 0.314 e. The Kier molecular flexibility index (Phi) is 1.95. The number of aromatic amines is 2. The van der Waals surface area contributed by atoms with Gasteiger partial charge in [0.05, 0.1) is 11.0 Å². The first-order chi connectivity index (χ1) is 8.15. The fourth-order valence-electron chi connectivity index (χ4n) is 2.10. The summed E-state index contributed by atoms with van der Waals surface area (Å²) in [5.41, 5.74) is 2.25. The number of fused-ring (bicyclic) bond motifs is 3. The van der Waals surface area contributed by atoms with E-state index in [0.29, 0.717) is 17.6 Å². The summed E-state index contributed by atoms with van der Waals surface area (Å²) in [6.45, 7) is 0.713. The van der Waals surface area contributed by atoms with Crippen molar-refractivity contribution >= 4 is 17.1 Å². The number of hydrogen-bond acceptors (Lipinski definition) is 3. The third kappa shape index (κ3) is 1.47. The molecule has 0 spiro atoms. The van der Waals surface area contributed by atoms with Crippen LogP contribution in [0.1, 0.15) is 11.1 Å². The summed E-state index contributed by atoms with van der Waals surface area (Å²) in [6.07, 6.45) is 3.97. The van der Waals surface area contributed by atoms with E-state index in [2.05, 4.69) is 9.97 Å². The minimum Gasteiger partial charge on any atom is -0.376 e. The molecule has 0 fully saturated rings. The van der Waals surface area contributed by atoms with Crippen LogP contribution >= 0.6 is 0 Å². The van der Waals surface area contributed by atoms with Gasteiger partial charge in [0.2, 0.25) is 0 Å². The molecule has 5 heteroatoms. The normalized spacial score (nSPS) is 14.1. The molecule has 17 heavy (non-hydrogen) atoms. The molecule has 1 aliphatic rings. The predicted octanol–water partition coefficient (Wildman–Crippen LogP) is 0.633. The largest absolute Gasteiger partial charge is 0.376 e. The van der Waals surface area contributed by atoms with Gasteiger partial charge in [-0.25, -0.2) is 0 Å². The maximum atomic E-state index is 11.4. The molecule has 1 aliphatic heterocycles. The van der Waals surface area contributed by atoms with Gasteiger partial charge < -0.3 is 14.9 Å². The minimum absolute atomic E-state index is 0.608. The van der Waals surface area contributed by atoms with E-state index in [0.717, 1.165) is 11.1 Å². The van der Waals surface area contributed by atoms with E-state index in [-0.39, 0.29) is 0 Å². The molecule has 0 saturated carbocycles. The Morgan fingerprint density at radius 2 is 1.94 bits per heavy atom. The molecule has 0 bridgehead atoms. The van der Waals surface area contributed by atoms with Crippen molar-refractivity contribution in [1.82, 2.24) is 14.9 Å². The molecule has 0 atom stereocenters. The van der Waals surface area contributed by atoms with Gasteiger partial charge in [0.15, 0.2) is 0 Å². The van der Waals surface area contributed by atoms with Crippen molar-refractivity contribution in [2.45, 2.75) is 6.54 Å². The molecule has 0 amide bonds. The van der Waals surface area contributed by atoms with E-state index < -0.39 is 11.1 Å². The van der Waals surface area contributed by atoms with Crippen LogP contribution in [-0.2, 0) is 6.54 Å². The Hall–Kier alpha value is -2.30. The summed E-state index contributed by atoms with van der Waals surface area (Å²) in [7, 11) is 1.96. The monoisotopic (exact) mass is 229 g/mol. The van der Waals surface area contributed by atoms with Crippen LogP contribution in [0.2, 0.25) is 0 Å². The third-order valence-corrected chi connectivity index (χ3v) is 2.96. The number of H-pyrrole nitrogens is 2. The number of benzene rings is 1. The van der Waals surface area contributed by atoms with Gasteiger partial charge in [0, 0.05) is 19.2 Å². The summed E-state index contributed by atoms with van der Waals surface area (Å²) in [6, 6.07) is 3.75. The molecule has 0 saturated heterocycles. The van der Waals surface area contributed by atoms with E-state index in [1.165, 1.54) is 0 Å². The summed E-state index contributed by atoms with van der Waals surface area (Å²) >= 11 is 0. The highest BCUT2D eigenvalue weighted by Crippen LogP contribution is 2.24. The Bertz CT molecular complexity index is 739. The lowest BCUT2D eigenvalue weighted by Crippen LogP contribution is -2.29. The highest BCUT2D eigenvalue weighted by Gasteiger charge is 2.12. The number of nitrogens with one attached hydrogen (secondary N) is 2. The Morgan fingerprint density at radius 3 is 2.76 bits per heavy atom. The highest BCUT2D eigenvalue weighted by molar-refractivity contribution is 5.82. The van der Waals surface area contributed by atoms with Gasteiger partial charge in [-0.3, -0.25) is 9.59 Å². The molecule has 0 radical (unpaired) electrons. The molecule has 1 aromatic carbocycles. The van der Waals surface area contributed by atoms with Gasteiger partial charge in [-0.05, 0) is 23.9 Å². The van der Waals surface area contributed by atoms with Gasteiger partial charge >= 0.3 is 11.1 Å². The van der Waals surface area contributed by atoms with Crippen molar-refractivity contribution in [2.75, 3.05) is 7.05 Å². The second-order valence-corrected chi connectivity index (χ2v) is 4.20. The van der Waals surface area contributed by atoms with Crippen LogP contribution in [0.25, 0.3) is 17.1 Å². The highest BCUT2D eigenvalue weighted by atomic mass is 16.2. The number of nitrogens with zero attached hydrogens (tertiary/aromatic N) is 1. The Balaban J connectivity index is 2.42. The zero-order valence-corrected chi connectivity index (χ0v) is 9.28. The zero-order valence-electron chi connectivity index (χ0n) is 9.28. The summed E-state index contributed by atoms with van der Waals surface area (Å²) < 4.78 is 0. The number of aromatic nitrogens is 2. The molecule has 2 heterocycles. The Morgan fingerprint density at radius 1 is 1.18 bits per heavy atom. The molecule has 0 unspecified atom stereocenters. The average Bonchev–Trinajstić information content (AvgIpc) is 2.31. The molecular formula is C12H11N3O2. The van der Waals surface area contributed by atoms with Crippen LogP contribution in [-0.4, -0.2) is 21.9 Å². The van der Waals surface area contributed by atoms with E-state index in [1.807, 2.05) is 30.3 Å². The van der Waals surface area contributed by atoms with Gasteiger partial charge in [-0.2, -0.15) is 0 Å². The van der Waals surface area contributed by atoms with E-state index >= 15 is 0 Å². The van der Waals surface area contributed by atoms with Gasteiger partial charge in [0.1, 0.15) is 0 Å². The first-order valence-electron chi connectivity index (χ1n) is 5.32. The van der Waals surface area contributed by atoms with Crippen molar-refractivity contribution < 1.29 is 0 Å². The molecule has 5 nitrogen and oxygen atoms in total. The van der Waals surface area contributed by atoms with Crippen LogP contribution in [0.15, 0.2) is 27.9 Å². The second-order valence-electron chi connectivity index (χ2n) is 4.20. The van der Waals surface area contributed by atoms with E-state index in [1.54, 1.807) is 6.07 Å². The quantitative estimate of drug-likeness (QED) is 0.651. The predicted molar refractivity (Wildman–Crippen MR) is 65.7 cm³/mol. The summed E-state index contributed by atoms with van der Waals surface area (Å²) in [4.78, 5) is 29.9. The number of rotatable bonds is 0. The van der Waals surface area contributed by atoms with Crippen LogP contribution < -0.4 is 11.1 Å². The first-order valence-corrected chi connectivity index (χ1v) is 5.32. The van der Waals surface area contributed by atoms with Crippen LogP contribution in [0.4, 0.5) is 0 Å². The van der Waals surface area contributed by atoms with E-state index in [4.69, 9.17) is 0 Å². The van der Waals surface area contributed by atoms with Crippen LogP contribution in [0, 0.1) is 0 Å². The topological polar surface area (TPSA) is 69.0 Å². The summed E-state index contributed by atoms with van der Waals surface area (Å²) in [5, 5.41) is 0. The maximum absolute atomic E-state index is 11.4. The standard InChI is InChI=1S/C12H11N3O2/c1-15-5-4-7-2-3-9-10(8(7)6-15)14-12(17)11(16)13-9/h2-5H,6H2,1H3,(H,13,16)(H,14,17). The van der Waals surface area contributed by atoms with E-state index in [9.17, 15) is 9.59 Å². The van der Waals surface area contributed by atoms with Crippen LogP contribution in [0.3, 0.4) is 0 Å². The second kappa shape index (κ2) is 3.35. The first kappa shape index (κ1) is 9.89. The molecular weight excluding hydrogens is 218 g/mol. The molecule has 1 aromatic heterocycles. The van der Waals surface area contributed by atoms with Gasteiger partial charge in [-0.1, -0.05) is 6.07 Å². The van der Waals surface area contributed by atoms with Crippen molar-refractivity contribution in [3.8, 4) is 0 Å². The average molecular weight is 229 g/mol. The summed E-state index contributed by atoms with van der Waals surface area (Å²) in [5.74, 6) is 0. The molecule has 86 valence electrons. The van der Waals surface area contributed by atoms with Crippen molar-refractivity contribution in [2.24, 2.45) is 0 Å². The molecule has 2 N–H and O–H groups in total. The minimum atomic E-state index is -0.614. The Labute approximate surface area is 96.4 Å².